The number of carbonyl (C=O) groups excluding carboxylic acids is 1. The lowest BCUT2D eigenvalue weighted by Gasteiger charge is -2.11. The molecule has 0 aliphatic heterocycles. The Kier molecular flexibility index (Phi) is 4.49. The van der Waals surface area contributed by atoms with Gasteiger partial charge in [-0.25, -0.2) is 9.59 Å². The minimum Gasteiger partial charge on any atom is -0.478 e. The van der Waals surface area contributed by atoms with Crippen LogP contribution in [0.1, 0.15) is 27.9 Å². The van der Waals surface area contributed by atoms with E-state index in [1.54, 1.807) is 19.1 Å². The lowest BCUT2D eigenvalue weighted by molar-refractivity contribution is 0.0698. The van der Waals surface area contributed by atoms with Crippen LogP contribution in [0.5, 0.6) is 0 Å². The molecule has 0 bridgehead atoms. The Morgan fingerprint density at radius 3 is 2.67 bits per heavy atom. The van der Waals surface area contributed by atoms with Crippen LogP contribution in [0.15, 0.2) is 18.2 Å². The molecule has 3 N–H and O–H groups in total. The molecule has 0 saturated heterocycles. The van der Waals surface area contributed by atoms with E-state index in [4.69, 9.17) is 5.11 Å². The molecule has 21 heavy (non-hydrogen) atoms. The van der Waals surface area contributed by atoms with Gasteiger partial charge in [-0.2, -0.15) is 0 Å². The van der Waals surface area contributed by atoms with Crippen molar-refractivity contribution in [1.29, 1.82) is 0 Å². The lowest BCUT2D eigenvalue weighted by atomic mass is 10.1. The fourth-order valence-corrected chi connectivity index (χ4v) is 2.38. The Balaban J connectivity index is 2.14. The highest BCUT2D eigenvalue weighted by Gasteiger charge is 2.15. The zero-order valence-corrected chi connectivity index (χ0v) is 12.3. The van der Waals surface area contributed by atoms with Crippen LogP contribution in [0.3, 0.4) is 0 Å². The third-order valence-electron chi connectivity index (χ3n) is 2.73. The summed E-state index contributed by atoms with van der Waals surface area (Å²) >= 11 is 1.28. The predicted octanol–water partition coefficient (Wildman–Crippen LogP) is 2.75. The van der Waals surface area contributed by atoms with Crippen molar-refractivity contribution in [2.75, 3.05) is 10.6 Å². The fourth-order valence-electron chi connectivity index (χ4n) is 1.70. The molecule has 0 spiro atoms. The van der Waals surface area contributed by atoms with Gasteiger partial charge in [0.05, 0.1) is 11.3 Å². The standard InChI is InChI=1S/C13H14N4O3S/c1-3-9-16-17-13(21-9)15-12(20)14-10-7(2)5-4-6-8(10)11(18)19/h4-6H,3H2,1-2H3,(H,18,19)(H2,14,15,17,20). The van der Waals surface area contributed by atoms with Gasteiger partial charge < -0.3 is 10.4 Å². The summed E-state index contributed by atoms with van der Waals surface area (Å²) in [5, 5.41) is 23.1. The second-order valence-electron chi connectivity index (χ2n) is 4.24. The Morgan fingerprint density at radius 1 is 1.29 bits per heavy atom. The van der Waals surface area contributed by atoms with Gasteiger partial charge in [-0.05, 0) is 25.0 Å². The molecule has 0 aliphatic carbocycles. The van der Waals surface area contributed by atoms with Crippen molar-refractivity contribution in [2.24, 2.45) is 0 Å². The van der Waals surface area contributed by atoms with Gasteiger partial charge in [0.25, 0.3) is 0 Å². The number of amides is 2. The van der Waals surface area contributed by atoms with Crippen LogP contribution in [0.4, 0.5) is 15.6 Å². The minimum absolute atomic E-state index is 0.0386. The van der Waals surface area contributed by atoms with Gasteiger partial charge >= 0.3 is 12.0 Å². The normalized spacial score (nSPS) is 10.2. The number of hydrogen-bond donors (Lipinski definition) is 3. The van der Waals surface area contributed by atoms with Gasteiger partial charge in [0.2, 0.25) is 5.13 Å². The molecule has 0 atom stereocenters. The second-order valence-corrected chi connectivity index (χ2v) is 5.30. The number of nitrogens with zero attached hydrogens (tertiary/aromatic N) is 2. The average Bonchev–Trinajstić information content (AvgIpc) is 2.88. The number of benzene rings is 1. The van der Waals surface area contributed by atoms with Crippen molar-refractivity contribution in [3.8, 4) is 0 Å². The first-order valence-electron chi connectivity index (χ1n) is 6.24. The number of aromatic nitrogens is 2. The molecule has 8 heteroatoms. The number of para-hydroxylation sites is 1. The van der Waals surface area contributed by atoms with E-state index in [0.717, 1.165) is 11.4 Å². The van der Waals surface area contributed by atoms with Gasteiger partial charge in [0, 0.05) is 0 Å². The van der Waals surface area contributed by atoms with Crippen molar-refractivity contribution >= 4 is 34.2 Å². The maximum atomic E-state index is 11.9. The molecule has 0 saturated carbocycles. The topological polar surface area (TPSA) is 104 Å². The van der Waals surface area contributed by atoms with Crippen LogP contribution in [0.25, 0.3) is 0 Å². The molecule has 2 rings (SSSR count). The molecule has 0 radical (unpaired) electrons. The first-order valence-corrected chi connectivity index (χ1v) is 7.06. The van der Waals surface area contributed by atoms with Gasteiger partial charge in [-0.3, -0.25) is 5.32 Å². The van der Waals surface area contributed by atoms with Gasteiger partial charge in [-0.15, -0.1) is 10.2 Å². The predicted molar refractivity (Wildman–Crippen MR) is 80.1 cm³/mol. The van der Waals surface area contributed by atoms with Crippen LogP contribution in [-0.2, 0) is 6.42 Å². The number of hydrogen-bond acceptors (Lipinski definition) is 5. The monoisotopic (exact) mass is 306 g/mol. The van der Waals surface area contributed by atoms with Gasteiger partial charge in [0.1, 0.15) is 5.01 Å². The Bertz CT molecular complexity index is 684. The average molecular weight is 306 g/mol. The zero-order chi connectivity index (χ0) is 15.4. The second kappa shape index (κ2) is 6.31. The van der Waals surface area contributed by atoms with Crippen molar-refractivity contribution in [2.45, 2.75) is 20.3 Å². The van der Waals surface area contributed by atoms with Crippen LogP contribution >= 0.6 is 11.3 Å². The van der Waals surface area contributed by atoms with Crippen molar-refractivity contribution in [1.82, 2.24) is 10.2 Å². The van der Waals surface area contributed by atoms with E-state index in [1.165, 1.54) is 17.4 Å². The molecule has 0 fully saturated rings. The smallest absolute Gasteiger partial charge is 0.337 e. The van der Waals surface area contributed by atoms with E-state index in [0.29, 0.717) is 10.7 Å². The molecule has 1 heterocycles. The molecule has 2 amide bonds. The SMILES string of the molecule is CCc1nnc(NC(=O)Nc2c(C)cccc2C(=O)O)s1. The first kappa shape index (κ1) is 14.9. The highest BCUT2D eigenvalue weighted by molar-refractivity contribution is 7.15. The number of carbonyl (C=O) groups is 2. The number of urea groups is 1. The summed E-state index contributed by atoms with van der Waals surface area (Å²) in [7, 11) is 0. The van der Waals surface area contributed by atoms with Crippen LogP contribution < -0.4 is 10.6 Å². The van der Waals surface area contributed by atoms with E-state index in [-0.39, 0.29) is 11.3 Å². The summed E-state index contributed by atoms with van der Waals surface area (Å²) in [6, 6.07) is 4.23. The number of aromatic carboxylic acids is 1. The zero-order valence-electron chi connectivity index (χ0n) is 11.5. The third kappa shape index (κ3) is 3.54. The number of carboxylic acid groups (broad SMARTS) is 1. The van der Waals surface area contributed by atoms with Crippen LogP contribution in [-0.4, -0.2) is 27.3 Å². The lowest BCUT2D eigenvalue weighted by Crippen LogP contribution is -2.21. The molecule has 1 aromatic heterocycles. The summed E-state index contributed by atoms with van der Waals surface area (Å²) in [6.45, 7) is 3.67. The Hall–Kier alpha value is -2.48. The molecule has 7 nitrogen and oxygen atoms in total. The summed E-state index contributed by atoms with van der Waals surface area (Å²) < 4.78 is 0. The highest BCUT2D eigenvalue weighted by atomic mass is 32.1. The minimum atomic E-state index is -1.10. The molecular weight excluding hydrogens is 292 g/mol. The van der Waals surface area contributed by atoms with E-state index in [9.17, 15) is 9.59 Å². The van der Waals surface area contributed by atoms with E-state index < -0.39 is 12.0 Å². The highest BCUT2D eigenvalue weighted by Crippen LogP contribution is 2.21. The van der Waals surface area contributed by atoms with E-state index >= 15 is 0 Å². The van der Waals surface area contributed by atoms with Crippen molar-refractivity contribution < 1.29 is 14.7 Å². The van der Waals surface area contributed by atoms with Crippen molar-refractivity contribution in [3.05, 3.63) is 34.3 Å². The van der Waals surface area contributed by atoms with Gasteiger partial charge in [-0.1, -0.05) is 30.4 Å². The summed E-state index contributed by atoms with van der Waals surface area (Å²) in [4.78, 5) is 23.1. The summed E-state index contributed by atoms with van der Waals surface area (Å²) in [5.74, 6) is -1.10. The summed E-state index contributed by atoms with van der Waals surface area (Å²) in [5.41, 5.74) is 0.968. The molecule has 0 aliphatic rings. The molecule has 110 valence electrons. The number of aryl methyl sites for hydroxylation is 2. The van der Waals surface area contributed by atoms with E-state index in [2.05, 4.69) is 20.8 Å². The maximum absolute atomic E-state index is 11.9. The number of carboxylic acids is 1. The van der Waals surface area contributed by atoms with Gasteiger partial charge in [0.15, 0.2) is 0 Å². The van der Waals surface area contributed by atoms with Crippen LogP contribution in [0.2, 0.25) is 0 Å². The quantitative estimate of drug-likeness (QED) is 0.805. The Morgan fingerprint density at radius 2 is 2.05 bits per heavy atom. The first-order chi connectivity index (χ1) is 10.0. The van der Waals surface area contributed by atoms with Crippen molar-refractivity contribution in [3.63, 3.8) is 0 Å². The Labute approximate surface area is 125 Å². The molecule has 1 aromatic carbocycles. The largest absolute Gasteiger partial charge is 0.478 e. The van der Waals surface area contributed by atoms with E-state index in [1.807, 2.05) is 6.92 Å². The molecule has 2 aromatic rings. The number of nitrogens with one attached hydrogen (secondary N) is 2. The third-order valence-corrected chi connectivity index (χ3v) is 3.71. The maximum Gasteiger partial charge on any atom is 0.337 e. The molecular formula is C13H14N4O3S. The van der Waals surface area contributed by atoms with Crippen LogP contribution in [0, 0.1) is 6.92 Å². The number of rotatable bonds is 4. The summed E-state index contributed by atoms with van der Waals surface area (Å²) in [6.07, 6.45) is 0.738. The number of anilines is 2. The fraction of sp³-hybridized carbons (Fsp3) is 0.231. The molecule has 0 unspecified atom stereocenters.